The monoisotopic (exact) mass is 253 g/mol. The van der Waals surface area contributed by atoms with E-state index in [1.165, 1.54) is 0 Å². The number of hydrogen-bond acceptors (Lipinski definition) is 4. The lowest BCUT2D eigenvalue weighted by molar-refractivity contribution is 0.443. The normalized spacial score (nSPS) is 16.6. The van der Waals surface area contributed by atoms with Gasteiger partial charge in [-0.25, -0.2) is 4.68 Å². The molecule has 1 aliphatic rings. The standard InChI is InChI=1S/C8H15N5.2ClH/c1-13-8(9)11-7(12-13)6-2-4-10-5-3-6;;/h6,10H,2-5H2,1H3,(H2,9,11,12);2*1H. The van der Waals surface area contributed by atoms with E-state index >= 15 is 0 Å². The lowest BCUT2D eigenvalue weighted by Crippen LogP contribution is -2.27. The predicted molar refractivity (Wildman–Crippen MR) is 64.8 cm³/mol. The minimum atomic E-state index is 0. The maximum atomic E-state index is 5.62. The summed E-state index contributed by atoms with van der Waals surface area (Å²) in [6.07, 6.45) is 2.23. The first-order valence-electron chi connectivity index (χ1n) is 4.64. The molecule has 0 aliphatic carbocycles. The quantitative estimate of drug-likeness (QED) is 0.774. The molecular weight excluding hydrogens is 237 g/mol. The lowest BCUT2D eigenvalue weighted by Gasteiger charge is -2.19. The van der Waals surface area contributed by atoms with Gasteiger partial charge in [0.2, 0.25) is 5.95 Å². The highest BCUT2D eigenvalue weighted by Gasteiger charge is 2.19. The first-order valence-corrected chi connectivity index (χ1v) is 4.64. The van der Waals surface area contributed by atoms with Crippen LogP contribution < -0.4 is 11.1 Å². The van der Waals surface area contributed by atoms with Crippen LogP contribution in [0, 0.1) is 0 Å². The van der Waals surface area contributed by atoms with E-state index in [1.54, 1.807) is 4.68 Å². The van der Waals surface area contributed by atoms with E-state index in [0.717, 1.165) is 31.8 Å². The van der Waals surface area contributed by atoms with Crippen molar-refractivity contribution in [3.05, 3.63) is 5.82 Å². The molecule has 0 amide bonds. The van der Waals surface area contributed by atoms with Crippen molar-refractivity contribution in [3.63, 3.8) is 0 Å². The number of nitrogens with one attached hydrogen (secondary N) is 1. The van der Waals surface area contributed by atoms with Crippen molar-refractivity contribution in [1.29, 1.82) is 0 Å². The van der Waals surface area contributed by atoms with Crippen LogP contribution in [0.2, 0.25) is 0 Å². The van der Waals surface area contributed by atoms with Crippen molar-refractivity contribution in [2.45, 2.75) is 18.8 Å². The number of nitrogens with two attached hydrogens (primary N) is 1. The molecule has 2 heterocycles. The van der Waals surface area contributed by atoms with Gasteiger partial charge in [-0.05, 0) is 25.9 Å². The molecule has 3 N–H and O–H groups in total. The van der Waals surface area contributed by atoms with Gasteiger partial charge in [0.15, 0.2) is 5.82 Å². The van der Waals surface area contributed by atoms with Gasteiger partial charge in [-0.2, -0.15) is 10.1 Å². The highest BCUT2D eigenvalue weighted by atomic mass is 35.5. The molecule has 5 nitrogen and oxygen atoms in total. The number of rotatable bonds is 1. The molecule has 0 saturated carbocycles. The molecular formula is C8H17Cl2N5. The maximum absolute atomic E-state index is 5.62. The van der Waals surface area contributed by atoms with E-state index in [1.807, 2.05) is 7.05 Å². The molecule has 2 rings (SSSR count). The number of nitrogens with zero attached hydrogens (tertiary/aromatic N) is 3. The lowest BCUT2D eigenvalue weighted by atomic mass is 9.98. The van der Waals surface area contributed by atoms with Gasteiger partial charge in [0.1, 0.15) is 0 Å². The molecule has 0 atom stereocenters. The van der Waals surface area contributed by atoms with Gasteiger partial charge in [0.25, 0.3) is 0 Å². The highest BCUT2D eigenvalue weighted by Crippen LogP contribution is 2.22. The second-order valence-electron chi connectivity index (χ2n) is 3.48. The van der Waals surface area contributed by atoms with Crippen LogP contribution in [0.15, 0.2) is 0 Å². The molecule has 0 spiro atoms. The Morgan fingerprint density at radius 2 is 1.93 bits per heavy atom. The summed E-state index contributed by atoms with van der Waals surface area (Å²) in [4.78, 5) is 4.24. The molecule has 1 saturated heterocycles. The topological polar surface area (TPSA) is 68.8 Å². The molecule has 15 heavy (non-hydrogen) atoms. The number of hydrogen-bond donors (Lipinski definition) is 2. The smallest absolute Gasteiger partial charge is 0.218 e. The zero-order chi connectivity index (χ0) is 9.26. The van der Waals surface area contributed by atoms with Crippen LogP contribution in [0.25, 0.3) is 0 Å². The van der Waals surface area contributed by atoms with Crippen LogP contribution in [0.1, 0.15) is 24.6 Å². The second-order valence-corrected chi connectivity index (χ2v) is 3.48. The van der Waals surface area contributed by atoms with Crippen molar-refractivity contribution in [2.24, 2.45) is 7.05 Å². The summed E-state index contributed by atoms with van der Waals surface area (Å²) in [5.74, 6) is 1.90. The SMILES string of the molecule is Cl.Cl.Cn1nc(C2CCNCC2)nc1N. The fourth-order valence-corrected chi connectivity index (χ4v) is 1.67. The van der Waals surface area contributed by atoms with Gasteiger partial charge in [-0.1, -0.05) is 0 Å². The van der Waals surface area contributed by atoms with Crippen molar-refractivity contribution in [2.75, 3.05) is 18.8 Å². The Morgan fingerprint density at radius 1 is 1.33 bits per heavy atom. The summed E-state index contributed by atoms with van der Waals surface area (Å²) in [6.45, 7) is 2.12. The van der Waals surface area contributed by atoms with Gasteiger partial charge in [-0.15, -0.1) is 24.8 Å². The molecule has 1 aromatic rings. The fraction of sp³-hybridized carbons (Fsp3) is 0.750. The Morgan fingerprint density at radius 3 is 2.40 bits per heavy atom. The highest BCUT2D eigenvalue weighted by molar-refractivity contribution is 5.85. The molecule has 1 fully saturated rings. The van der Waals surface area contributed by atoms with E-state index in [0.29, 0.717) is 11.9 Å². The third kappa shape index (κ3) is 3.22. The Bertz CT molecular complexity index is 276. The second kappa shape index (κ2) is 6.15. The summed E-state index contributed by atoms with van der Waals surface area (Å²) >= 11 is 0. The Kier molecular flexibility index (Phi) is 5.93. The number of aryl methyl sites for hydroxylation is 1. The summed E-state index contributed by atoms with van der Waals surface area (Å²) in [6, 6.07) is 0. The third-order valence-corrected chi connectivity index (χ3v) is 2.52. The van der Waals surface area contributed by atoms with Gasteiger partial charge >= 0.3 is 0 Å². The summed E-state index contributed by atoms with van der Waals surface area (Å²) < 4.78 is 1.64. The van der Waals surface area contributed by atoms with E-state index in [2.05, 4.69) is 15.4 Å². The molecule has 88 valence electrons. The van der Waals surface area contributed by atoms with Crippen LogP contribution in [-0.4, -0.2) is 27.9 Å². The molecule has 0 radical (unpaired) electrons. The van der Waals surface area contributed by atoms with E-state index in [4.69, 9.17) is 5.73 Å². The van der Waals surface area contributed by atoms with Crippen molar-refractivity contribution in [3.8, 4) is 0 Å². The Hall–Kier alpha value is -0.520. The zero-order valence-corrected chi connectivity index (χ0v) is 10.3. The van der Waals surface area contributed by atoms with Gasteiger partial charge < -0.3 is 11.1 Å². The number of anilines is 1. The van der Waals surface area contributed by atoms with Crippen molar-refractivity contribution >= 4 is 30.8 Å². The predicted octanol–water partition coefficient (Wildman–Crippen LogP) is 0.708. The van der Waals surface area contributed by atoms with Gasteiger partial charge in [0, 0.05) is 13.0 Å². The molecule has 0 unspecified atom stereocenters. The fourth-order valence-electron chi connectivity index (χ4n) is 1.67. The number of aromatic nitrogens is 3. The molecule has 7 heteroatoms. The van der Waals surface area contributed by atoms with Gasteiger partial charge in [0.05, 0.1) is 0 Å². The van der Waals surface area contributed by atoms with E-state index < -0.39 is 0 Å². The summed E-state index contributed by atoms with van der Waals surface area (Å²) in [5, 5.41) is 7.60. The van der Waals surface area contributed by atoms with Gasteiger partial charge in [-0.3, -0.25) is 0 Å². The summed E-state index contributed by atoms with van der Waals surface area (Å²) in [5.41, 5.74) is 5.62. The van der Waals surface area contributed by atoms with Crippen LogP contribution >= 0.6 is 24.8 Å². The maximum Gasteiger partial charge on any atom is 0.218 e. The van der Waals surface area contributed by atoms with E-state index in [9.17, 15) is 0 Å². The zero-order valence-electron chi connectivity index (χ0n) is 8.64. The Labute approximate surface area is 102 Å². The van der Waals surface area contributed by atoms with Crippen LogP contribution in [0.3, 0.4) is 0 Å². The first kappa shape index (κ1) is 14.5. The average molecular weight is 254 g/mol. The van der Waals surface area contributed by atoms with Crippen LogP contribution in [0.4, 0.5) is 5.95 Å². The molecule has 1 aromatic heterocycles. The Balaban J connectivity index is 0.000000980. The molecule has 0 bridgehead atoms. The van der Waals surface area contributed by atoms with Crippen LogP contribution in [-0.2, 0) is 7.05 Å². The summed E-state index contributed by atoms with van der Waals surface area (Å²) in [7, 11) is 1.83. The average Bonchev–Trinajstić information content (AvgIpc) is 2.49. The minimum Gasteiger partial charge on any atom is -0.368 e. The van der Waals surface area contributed by atoms with E-state index in [-0.39, 0.29) is 24.8 Å². The third-order valence-electron chi connectivity index (χ3n) is 2.52. The largest absolute Gasteiger partial charge is 0.368 e. The number of piperidine rings is 1. The molecule has 1 aliphatic heterocycles. The first-order chi connectivity index (χ1) is 6.27. The van der Waals surface area contributed by atoms with Crippen molar-refractivity contribution in [1.82, 2.24) is 20.1 Å². The minimum absolute atomic E-state index is 0. The van der Waals surface area contributed by atoms with Crippen molar-refractivity contribution < 1.29 is 0 Å². The van der Waals surface area contributed by atoms with Crippen LogP contribution in [0.5, 0.6) is 0 Å². The number of halogens is 2. The molecule has 0 aromatic carbocycles. The number of nitrogen functional groups attached to an aromatic ring is 1.